The average Bonchev–Trinajstić information content (AvgIpc) is 2.54. The molecule has 0 bridgehead atoms. The zero-order chi connectivity index (χ0) is 18.8. The Balaban J connectivity index is 2.41. The maximum absolute atomic E-state index is 12.9. The highest BCUT2D eigenvalue weighted by Gasteiger charge is 2.42. The maximum atomic E-state index is 12.9. The van der Waals surface area contributed by atoms with Crippen molar-refractivity contribution in [3.8, 4) is 18.2 Å². The third-order valence-corrected chi connectivity index (χ3v) is 4.87. The standard InChI is InChI=1S/C18H19F3N4/c1-17(2)7-14(12(9-22)10-23)15(11-24)16(8-17)25-5-3-13(4-6-25)18(19,20)21/h13H,3-8H2,1-2H3. The van der Waals surface area contributed by atoms with Crippen molar-refractivity contribution in [1.29, 1.82) is 15.8 Å². The predicted octanol–water partition coefficient (Wildman–Crippen LogP) is 4.20. The molecule has 1 aliphatic heterocycles. The summed E-state index contributed by atoms with van der Waals surface area (Å²) >= 11 is 0. The van der Waals surface area contributed by atoms with Crippen LogP contribution in [0.15, 0.2) is 22.4 Å². The average molecular weight is 348 g/mol. The van der Waals surface area contributed by atoms with Gasteiger partial charge in [0.1, 0.15) is 23.8 Å². The number of nitrogens with zero attached hydrogens (tertiary/aromatic N) is 4. The van der Waals surface area contributed by atoms with Crippen LogP contribution in [0.1, 0.15) is 39.5 Å². The number of likely N-dealkylation sites (tertiary alicyclic amines) is 1. The Morgan fingerprint density at radius 1 is 1.08 bits per heavy atom. The molecule has 7 heteroatoms. The third kappa shape index (κ3) is 3.97. The SMILES string of the molecule is CC1(C)CC(=C(C#N)C#N)C(C#N)=C(N2CCC(C(F)(F)F)CC2)C1. The van der Waals surface area contributed by atoms with E-state index < -0.39 is 12.1 Å². The smallest absolute Gasteiger partial charge is 0.374 e. The molecule has 0 spiro atoms. The van der Waals surface area contributed by atoms with Crippen LogP contribution in [0.3, 0.4) is 0 Å². The molecular weight excluding hydrogens is 329 g/mol. The number of allylic oxidation sites excluding steroid dienone is 4. The fourth-order valence-electron chi connectivity index (χ4n) is 3.60. The monoisotopic (exact) mass is 348 g/mol. The molecule has 0 aromatic carbocycles. The normalized spacial score (nSPS) is 21.4. The number of piperidine rings is 1. The summed E-state index contributed by atoms with van der Waals surface area (Å²) in [7, 11) is 0. The zero-order valence-corrected chi connectivity index (χ0v) is 14.2. The van der Waals surface area contributed by atoms with E-state index in [2.05, 4.69) is 6.07 Å². The fourth-order valence-corrected chi connectivity index (χ4v) is 3.60. The largest absolute Gasteiger partial charge is 0.391 e. The lowest BCUT2D eigenvalue weighted by atomic mass is 9.72. The molecule has 0 radical (unpaired) electrons. The molecule has 1 heterocycles. The van der Waals surface area contributed by atoms with Gasteiger partial charge in [-0.2, -0.15) is 29.0 Å². The van der Waals surface area contributed by atoms with Gasteiger partial charge in [0.2, 0.25) is 0 Å². The van der Waals surface area contributed by atoms with Crippen LogP contribution < -0.4 is 0 Å². The number of rotatable bonds is 1. The van der Waals surface area contributed by atoms with Crippen LogP contribution in [0.2, 0.25) is 0 Å². The molecule has 1 aliphatic carbocycles. The number of hydrogen-bond acceptors (Lipinski definition) is 4. The van der Waals surface area contributed by atoms with Crippen molar-refractivity contribution in [3.63, 3.8) is 0 Å². The molecule has 1 fully saturated rings. The molecule has 25 heavy (non-hydrogen) atoms. The molecule has 132 valence electrons. The van der Waals surface area contributed by atoms with Crippen LogP contribution >= 0.6 is 0 Å². The maximum Gasteiger partial charge on any atom is 0.391 e. The van der Waals surface area contributed by atoms with Crippen molar-refractivity contribution in [1.82, 2.24) is 4.90 Å². The van der Waals surface area contributed by atoms with E-state index in [1.807, 2.05) is 30.9 Å². The Morgan fingerprint density at radius 3 is 2.08 bits per heavy atom. The van der Waals surface area contributed by atoms with Crippen molar-refractivity contribution in [2.75, 3.05) is 13.1 Å². The summed E-state index contributed by atoms with van der Waals surface area (Å²) in [6, 6.07) is 5.77. The van der Waals surface area contributed by atoms with Gasteiger partial charge in [-0.15, -0.1) is 0 Å². The second-order valence-corrected chi connectivity index (χ2v) is 7.33. The second kappa shape index (κ2) is 6.81. The van der Waals surface area contributed by atoms with Gasteiger partial charge >= 0.3 is 6.18 Å². The van der Waals surface area contributed by atoms with Crippen molar-refractivity contribution in [2.45, 2.75) is 45.7 Å². The summed E-state index contributed by atoms with van der Waals surface area (Å²) in [6.07, 6.45) is -3.23. The highest BCUT2D eigenvalue weighted by molar-refractivity contribution is 5.57. The minimum absolute atomic E-state index is 0.00541. The summed E-state index contributed by atoms with van der Waals surface area (Å²) in [6.45, 7) is 4.39. The highest BCUT2D eigenvalue weighted by Crippen LogP contribution is 2.45. The number of alkyl halides is 3. The zero-order valence-electron chi connectivity index (χ0n) is 14.2. The number of nitriles is 3. The molecule has 2 aliphatic rings. The van der Waals surface area contributed by atoms with Crippen LogP contribution in [0.5, 0.6) is 0 Å². The first kappa shape index (κ1) is 18.9. The second-order valence-electron chi connectivity index (χ2n) is 7.33. The van der Waals surface area contributed by atoms with E-state index in [0.717, 1.165) is 0 Å². The summed E-state index contributed by atoms with van der Waals surface area (Å²) in [5.41, 5.74) is 0.995. The van der Waals surface area contributed by atoms with Gasteiger partial charge in [-0.25, -0.2) is 0 Å². The third-order valence-electron chi connectivity index (χ3n) is 4.87. The van der Waals surface area contributed by atoms with Crippen molar-refractivity contribution in [2.24, 2.45) is 11.3 Å². The van der Waals surface area contributed by atoms with E-state index in [0.29, 0.717) is 24.1 Å². The lowest BCUT2D eigenvalue weighted by Gasteiger charge is -2.42. The van der Waals surface area contributed by atoms with E-state index >= 15 is 0 Å². The van der Waals surface area contributed by atoms with Crippen LogP contribution in [0.25, 0.3) is 0 Å². The molecule has 0 unspecified atom stereocenters. The van der Waals surface area contributed by atoms with Gasteiger partial charge in [-0.3, -0.25) is 0 Å². The number of halogens is 3. The summed E-state index contributed by atoms with van der Waals surface area (Å²) < 4.78 is 38.6. The van der Waals surface area contributed by atoms with Crippen molar-refractivity contribution >= 4 is 0 Å². The molecule has 0 amide bonds. The summed E-state index contributed by atoms with van der Waals surface area (Å²) in [5.74, 6) is -1.31. The Labute approximate surface area is 145 Å². The first-order valence-electron chi connectivity index (χ1n) is 8.11. The van der Waals surface area contributed by atoms with E-state index in [4.69, 9.17) is 0 Å². The molecular formula is C18H19F3N4. The molecule has 1 saturated heterocycles. The van der Waals surface area contributed by atoms with Crippen LogP contribution in [-0.2, 0) is 0 Å². The van der Waals surface area contributed by atoms with Gasteiger partial charge in [0.05, 0.1) is 11.5 Å². The van der Waals surface area contributed by atoms with Crippen LogP contribution in [0, 0.1) is 45.3 Å². The van der Waals surface area contributed by atoms with E-state index in [9.17, 15) is 29.0 Å². The topological polar surface area (TPSA) is 74.6 Å². The van der Waals surface area contributed by atoms with Crippen LogP contribution in [-0.4, -0.2) is 24.2 Å². The van der Waals surface area contributed by atoms with Gasteiger partial charge in [0, 0.05) is 24.4 Å². The Morgan fingerprint density at radius 2 is 1.64 bits per heavy atom. The number of hydrogen-bond donors (Lipinski definition) is 0. The van der Waals surface area contributed by atoms with Gasteiger partial charge in [0.15, 0.2) is 0 Å². The predicted molar refractivity (Wildman–Crippen MR) is 84.3 cm³/mol. The summed E-state index contributed by atoms with van der Waals surface area (Å²) in [5, 5.41) is 27.9. The lowest BCUT2D eigenvalue weighted by molar-refractivity contribution is -0.184. The molecule has 0 atom stereocenters. The molecule has 0 aromatic rings. The Hall–Kier alpha value is -2.46. The fraction of sp³-hybridized carbons (Fsp3) is 0.611. The lowest BCUT2D eigenvalue weighted by Crippen LogP contribution is -2.40. The molecule has 0 saturated carbocycles. The molecule has 4 nitrogen and oxygen atoms in total. The van der Waals surface area contributed by atoms with Gasteiger partial charge in [-0.05, 0) is 31.1 Å². The highest BCUT2D eigenvalue weighted by atomic mass is 19.4. The van der Waals surface area contributed by atoms with E-state index in [1.54, 1.807) is 0 Å². The minimum atomic E-state index is -4.19. The van der Waals surface area contributed by atoms with E-state index in [1.165, 1.54) is 0 Å². The molecule has 0 aromatic heterocycles. The Kier molecular flexibility index (Phi) is 5.14. The first-order valence-corrected chi connectivity index (χ1v) is 8.11. The quantitative estimate of drug-likeness (QED) is 0.666. The van der Waals surface area contributed by atoms with Crippen molar-refractivity contribution < 1.29 is 13.2 Å². The molecule has 0 N–H and O–H groups in total. The van der Waals surface area contributed by atoms with Crippen LogP contribution in [0.4, 0.5) is 13.2 Å². The van der Waals surface area contributed by atoms with Gasteiger partial charge in [0.25, 0.3) is 0 Å². The first-order chi connectivity index (χ1) is 11.6. The van der Waals surface area contributed by atoms with Crippen molar-refractivity contribution in [3.05, 3.63) is 22.4 Å². The summed E-state index contributed by atoms with van der Waals surface area (Å²) in [4.78, 5) is 1.83. The van der Waals surface area contributed by atoms with E-state index in [-0.39, 0.29) is 42.5 Å². The van der Waals surface area contributed by atoms with Gasteiger partial charge < -0.3 is 4.90 Å². The molecule has 2 rings (SSSR count). The Bertz CT molecular complexity index is 714. The minimum Gasteiger partial charge on any atom is -0.374 e. The van der Waals surface area contributed by atoms with Gasteiger partial charge in [-0.1, -0.05) is 13.8 Å².